The van der Waals surface area contributed by atoms with Crippen molar-refractivity contribution in [1.29, 1.82) is 0 Å². The third-order valence-corrected chi connectivity index (χ3v) is 2.73. The number of ether oxygens (including phenoxy) is 2. The quantitative estimate of drug-likeness (QED) is 0.849. The Bertz CT molecular complexity index is 502. The molecule has 0 unspecified atom stereocenters. The van der Waals surface area contributed by atoms with Crippen LogP contribution in [0, 0.1) is 0 Å². The Labute approximate surface area is 119 Å². The summed E-state index contributed by atoms with van der Waals surface area (Å²) in [4.78, 5) is 17.9. The zero-order chi connectivity index (χ0) is 14.9. The van der Waals surface area contributed by atoms with Gasteiger partial charge in [0.05, 0.1) is 12.3 Å². The summed E-state index contributed by atoms with van der Waals surface area (Å²) in [5, 5.41) is 0. The fourth-order valence-corrected chi connectivity index (χ4v) is 1.68. The Morgan fingerprint density at radius 2 is 1.95 bits per heavy atom. The number of carbonyl (C=O) groups excluding carboxylic acids is 1. The number of rotatable bonds is 4. The van der Waals surface area contributed by atoms with Crippen molar-refractivity contribution in [2.45, 2.75) is 45.3 Å². The summed E-state index contributed by atoms with van der Waals surface area (Å²) in [6, 6.07) is 0. The highest BCUT2D eigenvalue weighted by molar-refractivity contribution is 5.97. The van der Waals surface area contributed by atoms with E-state index >= 15 is 0 Å². The molecule has 1 aliphatic rings. The van der Waals surface area contributed by atoms with Crippen LogP contribution in [-0.2, 0) is 0 Å². The Hall–Kier alpha value is -1.78. The molecule has 1 aromatic rings. The third-order valence-electron chi connectivity index (χ3n) is 2.73. The van der Waals surface area contributed by atoms with Crippen LogP contribution in [-0.4, -0.2) is 41.6 Å². The molecule has 0 radical (unpaired) electrons. The molecule has 5 heteroatoms. The Morgan fingerprint density at radius 1 is 1.30 bits per heavy atom. The number of amides is 1. The van der Waals surface area contributed by atoms with Crippen molar-refractivity contribution in [2.75, 3.05) is 14.1 Å². The lowest BCUT2D eigenvalue weighted by Gasteiger charge is -2.25. The second-order valence-corrected chi connectivity index (χ2v) is 6.25. The average Bonchev–Trinajstić information content (AvgIpc) is 3.12. The Balaban J connectivity index is 2.40. The van der Waals surface area contributed by atoms with Gasteiger partial charge in [-0.25, -0.2) is 0 Å². The van der Waals surface area contributed by atoms with Crippen molar-refractivity contribution in [1.82, 2.24) is 9.88 Å². The molecule has 0 N–H and O–H groups in total. The Kier molecular flexibility index (Phi) is 3.88. The number of pyridine rings is 1. The van der Waals surface area contributed by atoms with Gasteiger partial charge in [0.25, 0.3) is 5.91 Å². The van der Waals surface area contributed by atoms with Crippen LogP contribution in [0.15, 0.2) is 12.4 Å². The second-order valence-electron chi connectivity index (χ2n) is 6.25. The fraction of sp³-hybridized carbons (Fsp3) is 0.600. The number of carbonyl (C=O) groups is 1. The van der Waals surface area contributed by atoms with Crippen LogP contribution in [0.5, 0.6) is 11.5 Å². The van der Waals surface area contributed by atoms with E-state index in [1.807, 2.05) is 20.8 Å². The van der Waals surface area contributed by atoms with Crippen LogP contribution in [0.3, 0.4) is 0 Å². The third kappa shape index (κ3) is 3.62. The van der Waals surface area contributed by atoms with Gasteiger partial charge in [0.2, 0.25) is 0 Å². The zero-order valence-corrected chi connectivity index (χ0v) is 12.8. The van der Waals surface area contributed by atoms with Crippen molar-refractivity contribution in [3.05, 3.63) is 18.0 Å². The lowest BCUT2D eigenvalue weighted by atomic mass is 10.1. The van der Waals surface area contributed by atoms with Gasteiger partial charge in [-0.15, -0.1) is 0 Å². The van der Waals surface area contributed by atoms with E-state index < -0.39 is 5.60 Å². The molecule has 1 fully saturated rings. The molecule has 0 aliphatic heterocycles. The van der Waals surface area contributed by atoms with E-state index in [1.54, 1.807) is 20.3 Å². The summed E-state index contributed by atoms with van der Waals surface area (Å²) in [7, 11) is 3.41. The standard InChI is InChI=1S/C15H22N2O3/c1-15(2,3)20-13-11(14(18)17(4)5)8-16-9-12(13)19-10-6-7-10/h8-10H,6-7H2,1-5H3. The van der Waals surface area contributed by atoms with Crippen molar-refractivity contribution < 1.29 is 14.3 Å². The van der Waals surface area contributed by atoms with Crippen LogP contribution in [0.25, 0.3) is 0 Å². The molecule has 1 amide bonds. The molecule has 2 rings (SSSR count). The van der Waals surface area contributed by atoms with Crippen molar-refractivity contribution >= 4 is 5.91 Å². The molecule has 1 heterocycles. The number of nitrogens with zero attached hydrogens (tertiary/aromatic N) is 2. The maximum atomic E-state index is 12.3. The summed E-state index contributed by atoms with van der Waals surface area (Å²) in [5.74, 6) is 0.895. The molecule has 1 aromatic heterocycles. The molecule has 0 aromatic carbocycles. The van der Waals surface area contributed by atoms with E-state index in [9.17, 15) is 4.79 Å². The molecule has 1 aliphatic carbocycles. The smallest absolute Gasteiger partial charge is 0.258 e. The van der Waals surface area contributed by atoms with E-state index in [-0.39, 0.29) is 12.0 Å². The first kappa shape index (κ1) is 14.6. The van der Waals surface area contributed by atoms with Crippen molar-refractivity contribution in [3.63, 3.8) is 0 Å². The molecule has 0 atom stereocenters. The van der Waals surface area contributed by atoms with E-state index in [0.717, 1.165) is 12.8 Å². The molecule has 0 saturated heterocycles. The second kappa shape index (κ2) is 5.31. The molecule has 20 heavy (non-hydrogen) atoms. The van der Waals surface area contributed by atoms with E-state index in [0.29, 0.717) is 17.1 Å². The van der Waals surface area contributed by atoms with Gasteiger partial charge in [-0.05, 0) is 33.6 Å². The van der Waals surface area contributed by atoms with Gasteiger partial charge < -0.3 is 14.4 Å². The van der Waals surface area contributed by atoms with Crippen molar-refractivity contribution in [3.8, 4) is 11.5 Å². The van der Waals surface area contributed by atoms with Gasteiger partial charge in [0, 0.05) is 20.3 Å². The van der Waals surface area contributed by atoms with E-state index in [1.165, 1.54) is 11.1 Å². The Morgan fingerprint density at radius 3 is 2.45 bits per heavy atom. The lowest BCUT2D eigenvalue weighted by molar-refractivity contribution is 0.0803. The monoisotopic (exact) mass is 278 g/mol. The minimum atomic E-state index is -0.412. The molecular formula is C15H22N2O3. The lowest BCUT2D eigenvalue weighted by Crippen LogP contribution is -2.27. The highest BCUT2D eigenvalue weighted by Crippen LogP contribution is 2.37. The molecule has 5 nitrogen and oxygen atoms in total. The highest BCUT2D eigenvalue weighted by Gasteiger charge is 2.29. The average molecular weight is 278 g/mol. The summed E-state index contributed by atoms with van der Waals surface area (Å²) < 4.78 is 11.8. The minimum Gasteiger partial charge on any atom is -0.485 e. The zero-order valence-electron chi connectivity index (χ0n) is 12.8. The van der Waals surface area contributed by atoms with Crippen LogP contribution >= 0.6 is 0 Å². The summed E-state index contributed by atoms with van der Waals surface area (Å²) in [6.07, 6.45) is 5.46. The van der Waals surface area contributed by atoms with E-state index in [4.69, 9.17) is 9.47 Å². The summed E-state index contributed by atoms with van der Waals surface area (Å²) >= 11 is 0. The largest absolute Gasteiger partial charge is 0.485 e. The van der Waals surface area contributed by atoms with Gasteiger partial charge in [-0.1, -0.05) is 0 Å². The van der Waals surface area contributed by atoms with Gasteiger partial charge in [0.15, 0.2) is 11.5 Å². The fourth-order valence-electron chi connectivity index (χ4n) is 1.68. The van der Waals surface area contributed by atoms with Gasteiger partial charge in [0.1, 0.15) is 11.2 Å². The first-order valence-corrected chi connectivity index (χ1v) is 6.83. The van der Waals surface area contributed by atoms with Crippen molar-refractivity contribution in [2.24, 2.45) is 0 Å². The molecule has 1 saturated carbocycles. The van der Waals surface area contributed by atoms with Crippen LogP contribution in [0.2, 0.25) is 0 Å². The molecule has 0 bridgehead atoms. The van der Waals surface area contributed by atoms with Gasteiger partial charge in [-0.3, -0.25) is 9.78 Å². The maximum Gasteiger partial charge on any atom is 0.258 e. The summed E-state index contributed by atoms with van der Waals surface area (Å²) in [6.45, 7) is 5.83. The first-order valence-electron chi connectivity index (χ1n) is 6.83. The van der Waals surface area contributed by atoms with Crippen LogP contribution in [0.4, 0.5) is 0 Å². The van der Waals surface area contributed by atoms with Gasteiger partial charge in [-0.2, -0.15) is 0 Å². The number of hydrogen-bond donors (Lipinski definition) is 0. The minimum absolute atomic E-state index is 0.141. The molecule has 110 valence electrons. The molecule has 0 spiro atoms. The normalized spacial score (nSPS) is 14.8. The SMILES string of the molecule is CN(C)C(=O)c1cncc(OC2CC2)c1OC(C)(C)C. The topological polar surface area (TPSA) is 51.7 Å². The van der Waals surface area contributed by atoms with Gasteiger partial charge >= 0.3 is 0 Å². The maximum absolute atomic E-state index is 12.3. The highest BCUT2D eigenvalue weighted by atomic mass is 16.5. The van der Waals surface area contributed by atoms with Crippen LogP contribution < -0.4 is 9.47 Å². The number of aromatic nitrogens is 1. The predicted molar refractivity (Wildman–Crippen MR) is 76.3 cm³/mol. The van der Waals surface area contributed by atoms with E-state index in [2.05, 4.69) is 4.98 Å². The predicted octanol–water partition coefficient (Wildman–Crippen LogP) is 2.50. The number of hydrogen-bond acceptors (Lipinski definition) is 4. The first-order chi connectivity index (χ1) is 9.28. The van der Waals surface area contributed by atoms with Crippen LogP contribution in [0.1, 0.15) is 44.0 Å². The molecular weight excluding hydrogens is 256 g/mol. The summed E-state index contributed by atoms with van der Waals surface area (Å²) in [5.41, 5.74) is 0.0211.